The number of nitrogens with zero attached hydrogens (tertiary/aromatic N) is 4. The molecule has 5 nitrogen and oxygen atoms in total. The van der Waals surface area contributed by atoms with Crippen LogP contribution in [-0.2, 0) is 19.0 Å². The molecule has 2 aromatic carbocycles. The Hall–Kier alpha value is -3.68. The third kappa shape index (κ3) is 6.16. The minimum Gasteiger partial charge on any atom is -0.469 e. The van der Waals surface area contributed by atoms with Gasteiger partial charge in [0.1, 0.15) is 6.10 Å². The van der Waals surface area contributed by atoms with Crippen molar-refractivity contribution in [3.63, 3.8) is 0 Å². The molecule has 0 N–H and O–H groups in total. The van der Waals surface area contributed by atoms with Gasteiger partial charge in [-0.2, -0.15) is 23.3 Å². The van der Waals surface area contributed by atoms with Crippen molar-refractivity contribution < 1.29 is 17.9 Å². The fraction of sp³-hybridized carbons (Fsp3) is 0.424. The van der Waals surface area contributed by atoms with Crippen LogP contribution in [0.4, 0.5) is 13.2 Å². The third-order valence-corrected chi connectivity index (χ3v) is 7.73. The van der Waals surface area contributed by atoms with E-state index in [2.05, 4.69) is 31.1 Å². The highest BCUT2D eigenvalue weighted by Crippen LogP contribution is 2.35. The van der Waals surface area contributed by atoms with Gasteiger partial charge in [0.05, 0.1) is 11.4 Å². The van der Waals surface area contributed by atoms with E-state index in [1.807, 2.05) is 45.0 Å². The molecule has 41 heavy (non-hydrogen) atoms. The lowest BCUT2D eigenvalue weighted by molar-refractivity contribution is -0.141. The first kappa shape index (κ1) is 28.8. The van der Waals surface area contributed by atoms with Crippen molar-refractivity contribution in [3.8, 4) is 23.0 Å². The standard InChI is InChI=1S/C33H37F3N4O/c1-20(2)25-11-9-10-12-26(25)31-37-28-14-8-6-7-13-27(28)32(38-31)41-22(5)23-15-17-24(18-16-23)40-29(21(3)4)19-30(39-40)33(34,35)36/h9-12,15-22H,6-8,13-14H2,1-5H3. The van der Waals surface area contributed by atoms with Crippen LogP contribution < -0.4 is 4.74 Å². The quantitative estimate of drug-likeness (QED) is 0.211. The zero-order valence-electron chi connectivity index (χ0n) is 24.3. The van der Waals surface area contributed by atoms with Crippen molar-refractivity contribution in [2.45, 2.75) is 90.8 Å². The van der Waals surface area contributed by atoms with Gasteiger partial charge in [-0.1, -0.05) is 70.5 Å². The number of alkyl halides is 3. The van der Waals surface area contributed by atoms with Crippen molar-refractivity contribution in [1.29, 1.82) is 0 Å². The Labute approximate surface area is 239 Å². The molecule has 1 aliphatic carbocycles. The minimum atomic E-state index is -4.50. The summed E-state index contributed by atoms with van der Waals surface area (Å²) < 4.78 is 48.1. The van der Waals surface area contributed by atoms with Gasteiger partial charge in [0.2, 0.25) is 5.88 Å². The number of hydrogen-bond donors (Lipinski definition) is 0. The third-order valence-electron chi connectivity index (χ3n) is 7.73. The molecule has 0 aliphatic heterocycles. The maximum Gasteiger partial charge on any atom is 0.435 e. The largest absolute Gasteiger partial charge is 0.469 e. The average molecular weight is 563 g/mol. The number of fused-ring (bicyclic) bond motifs is 1. The number of ether oxygens (including phenoxy) is 1. The van der Waals surface area contributed by atoms with E-state index in [1.54, 1.807) is 12.1 Å². The smallest absolute Gasteiger partial charge is 0.435 e. The fourth-order valence-corrected chi connectivity index (χ4v) is 5.43. The highest BCUT2D eigenvalue weighted by atomic mass is 19.4. The zero-order valence-corrected chi connectivity index (χ0v) is 24.3. The summed E-state index contributed by atoms with van der Waals surface area (Å²) in [6.45, 7) is 10.0. The maximum atomic E-state index is 13.4. The second-order valence-electron chi connectivity index (χ2n) is 11.5. The predicted molar refractivity (Wildman–Crippen MR) is 155 cm³/mol. The molecule has 0 spiro atoms. The summed E-state index contributed by atoms with van der Waals surface area (Å²) in [5, 5.41) is 3.87. The first-order valence-corrected chi connectivity index (χ1v) is 14.5. The normalized spacial score (nSPS) is 14.7. The van der Waals surface area contributed by atoms with E-state index in [0.717, 1.165) is 60.6 Å². The number of hydrogen-bond acceptors (Lipinski definition) is 4. The topological polar surface area (TPSA) is 52.8 Å². The molecule has 5 rings (SSSR count). The SMILES string of the molecule is CC(C)c1ccccc1-c1nc2c(c(OC(C)c3ccc(-n4nc(C(F)(F)F)cc4C(C)C)cc3)n1)CCCCC2. The molecule has 2 aromatic heterocycles. The van der Waals surface area contributed by atoms with E-state index >= 15 is 0 Å². The molecule has 216 valence electrons. The number of aromatic nitrogens is 4. The molecule has 0 bridgehead atoms. The van der Waals surface area contributed by atoms with Gasteiger partial charge in [-0.3, -0.25) is 0 Å². The van der Waals surface area contributed by atoms with E-state index in [4.69, 9.17) is 14.7 Å². The van der Waals surface area contributed by atoms with E-state index in [0.29, 0.717) is 29.0 Å². The molecule has 0 amide bonds. The Morgan fingerprint density at radius 2 is 1.54 bits per heavy atom. The summed E-state index contributed by atoms with van der Waals surface area (Å²) in [6.07, 6.45) is 0.255. The lowest BCUT2D eigenvalue weighted by atomic mass is 9.96. The Kier molecular flexibility index (Phi) is 8.20. The van der Waals surface area contributed by atoms with Crippen molar-refractivity contribution >= 4 is 0 Å². The molecule has 1 atom stereocenters. The van der Waals surface area contributed by atoms with Crippen molar-refractivity contribution in [3.05, 3.63) is 88.4 Å². The van der Waals surface area contributed by atoms with Crippen LogP contribution in [0, 0.1) is 0 Å². The molecule has 0 fully saturated rings. The van der Waals surface area contributed by atoms with Gasteiger partial charge in [-0.25, -0.2) is 9.67 Å². The highest BCUT2D eigenvalue weighted by molar-refractivity contribution is 5.62. The molecular weight excluding hydrogens is 525 g/mol. The van der Waals surface area contributed by atoms with E-state index < -0.39 is 11.9 Å². The number of rotatable bonds is 7. The van der Waals surface area contributed by atoms with Crippen LogP contribution in [-0.4, -0.2) is 19.7 Å². The molecular formula is C33H37F3N4O. The van der Waals surface area contributed by atoms with Crippen LogP contribution in [0.25, 0.3) is 17.1 Å². The van der Waals surface area contributed by atoms with Gasteiger partial charge in [-0.15, -0.1) is 0 Å². The van der Waals surface area contributed by atoms with E-state index in [9.17, 15) is 13.2 Å². The predicted octanol–water partition coefficient (Wildman–Crippen LogP) is 9.00. The summed E-state index contributed by atoms with van der Waals surface area (Å²) in [4.78, 5) is 10.0. The summed E-state index contributed by atoms with van der Waals surface area (Å²) in [5.41, 5.74) is 5.45. The molecule has 1 unspecified atom stereocenters. The van der Waals surface area contributed by atoms with Crippen LogP contribution in [0.5, 0.6) is 5.88 Å². The van der Waals surface area contributed by atoms with Gasteiger partial charge in [0.15, 0.2) is 11.5 Å². The van der Waals surface area contributed by atoms with Gasteiger partial charge in [0, 0.05) is 16.8 Å². The molecule has 4 aromatic rings. The lowest BCUT2D eigenvalue weighted by Gasteiger charge is -2.20. The first-order chi connectivity index (χ1) is 19.5. The average Bonchev–Trinajstić information content (AvgIpc) is 3.27. The number of aryl methyl sites for hydroxylation is 1. The van der Waals surface area contributed by atoms with E-state index in [-0.39, 0.29) is 12.0 Å². The molecule has 0 saturated heterocycles. The zero-order chi connectivity index (χ0) is 29.3. The Morgan fingerprint density at radius 3 is 2.22 bits per heavy atom. The van der Waals surface area contributed by atoms with Crippen LogP contribution in [0.2, 0.25) is 0 Å². The summed E-state index contributed by atoms with van der Waals surface area (Å²) in [7, 11) is 0. The van der Waals surface area contributed by atoms with Crippen molar-refractivity contribution in [2.24, 2.45) is 0 Å². The van der Waals surface area contributed by atoms with Crippen LogP contribution in [0.15, 0.2) is 54.6 Å². The number of halogens is 3. The summed E-state index contributed by atoms with van der Waals surface area (Å²) >= 11 is 0. The summed E-state index contributed by atoms with van der Waals surface area (Å²) in [5.74, 6) is 1.51. The first-order valence-electron chi connectivity index (χ1n) is 14.5. The van der Waals surface area contributed by atoms with Gasteiger partial charge in [-0.05, 0) is 73.8 Å². The second kappa shape index (κ2) is 11.7. The number of benzene rings is 2. The second-order valence-corrected chi connectivity index (χ2v) is 11.5. The van der Waals surface area contributed by atoms with Crippen LogP contribution in [0.1, 0.15) is 106 Å². The Morgan fingerprint density at radius 1 is 0.829 bits per heavy atom. The minimum absolute atomic E-state index is 0.122. The lowest BCUT2D eigenvalue weighted by Crippen LogP contribution is -2.11. The van der Waals surface area contributed by atoms with E-state index in [1.165, 1.54) is 10.2 Å². The van der Waals surface area contributed by atoms with Gasteiger partial charge in [0.25, 0.3) is 0 Å². The fourth-order valence-electron chi connectivity index (χ4n) is 5.43. The van der Waals surface area contributed by atoms with Crippen molar-refractivity contribution in [1.82, 2.24) is 19.7 Å². The van der Waals surface area contributed by atoms with Crippen molar-refractivity contribution in [2.75, 3.05) is 0 Å². The monoisotopic (exact) mass is 562 g/mol. The van der Waals surface area contributed by atoms with Gasteiger partial charge < -0.3 is 4.74 Å². The maximum absolute atomic E-state index is 13.4. The van der Waals surface area contributed by atoms with Crippen LogP contribution >= 0.6 is 0 Å². The highest BCUT2D eigenvalue weighted by Gasteiger charge is 2.35. The van der Waals surface area contributed by atoms with Crippen LogP contribution in [0.3, 0.4) is 0 Å². The molecule has 2 heterocycles. The summed E-state index contributed by atoms with van der Waals surface area (Å²) in [6, 6.07) is 16.7. The molecule has 0 saturated carbocycles. The molecule has 0 radical (unpaired) electrons. The van der Waals surface area contributed by atoms with Gasteiger partial charge >= 0.3 is 6.18 Å². The Balaban J connectivity index is 1.47. The Bertz CT molecular complexity index is 1510. The molecule has 1 aliphatic rings. The molecule has 8 heteroatoms.